The zero-order valence-corrected chi connectivity index (χ0v) is 11.5. The Hall–Kier alpha value is -2.11. The van der Waals surface area contributed by atoms with Crippen molar-refractivity contribution in [2.45, 2.75) is 45.1 Å². The highest BCUT2D eigenvalue weighted by molar-refractivity contribution is 5.98. The third-order valence-corrected chi connectivity index (χ3v) is 3.50. The number of rotatable bonds is 6. The van der Waals surface area contributed by atoms with E-state index < -0.39 is 17.9 Å². The van der Waals surface area contributed by atoms with Gasteiger partial charge in [-0.15, -0.1) is 0 Å². The van der Waals surface area contributed by atoms with Crippen molar-refractivity contribution in [3.05, 3.63) is 22.9 Å². The molecule has 0 aliphatic heterocycles. The van der Waals surface area contributed by atoms with Crippen molar-refractivity contribution >= 4 is 17.7 Å². The number of carboxylic acid groups (broad SMARTS) is 1. The van der Waals surface area contributed by atoms with E-state index in [4.69, 9.17) is 5.73 Å². The predicted molar refractivity (Wildman–Crippen MR) is 74.7 cm³/mol. The molecule has 20 heavy (non-hydrogen) atoms. The van der Waals surface area contributed by atoms with E-state index in [0.29, 0.717) is 12.2 Å². The minimum Gasteiger partial charge on any atom is -0.480 e. The van der Waals surface area contributed by atoms with Gasteiger partial charge >= 0.3 is 5.97 Å². The number of carbonyl (C=O) groups excluding carboxylic acids is 1. The van der Waals surface area contributed by atoms with Gasteiger partial charge in [0.15, 0.2) is 0 Å². The summed E-state index contributed by atoms with van der Waals surface area (Å²) in [6.45, 7) is 1.91. The molecule has 6 nitrogen and oxygen atoms in total. The number of fused-ring (bicyclic) bond motifs is 1. The number of hydrogen-bond acceptors (Lipinski definition) is 4. The summed E-state index contributed by atoms with van der Waals surface area (Å²) in [5, 5.41) is 12.0. The second kappa shape index (κ2) is 5.90. The SMILES string of the molecule is CCCC(Nc1nc2c(cc1C(N)=O)CCC2)C(=O)O. The number of carboxylic acids is 1. The van der Waals surface area contributed by atoms with Gasteiger partial charge < -0.3 is 16.2 Å². The first-order valence-corrected chi connectivity index (χ1v) is 6.84. The van der Waals surface area contributed by atoms with Crippen LogP contribution in [-0.4, -0.2) is 28.0 Å². The molecule has 0 aromatic carbocycles. The van der Waals surface area contributed by atoms with Gasteiger partial charge in [0, 0.05) is 5.69 Å². The summed E-state index contributed by atoms with van der Waals surface area (Å²) in [6, 6.07) is 0.982. The molecule has 0 bridgehead atoms. The minimum absolute atomic E-state index is 0.271. The lowest BCUT2D eigenvalue weighted by Crippen LogP contribution is -2.31. The van der Waals surface area contributed by atoms with Crippen molar-refractivity contribution in [3.8, 4) is 0 Å². The van der Waals surface area contributed by atoms with Crippen LogP contribution < -0.4 is 11.1 Å². The maximum Gasteiger partial charge on any atom is 0.326 e. The van der Waals surface area contributed by atoms with Crippen LogP contribution in [0.3, 0.4) is 0 Å². The number of primary amides is 1. The normalized spacial score (nSPS) is 14.7. The maximum atomic E-state index is 11.5. The van der Waals surface area contributed by atoms with Crippen LogP contribution in [0.25, 0.3) is 0 Å². The van der Waals surface area contributed by atoms with E-state index in [-0.39, 0.29) is 5.56 Å². The number of carbonyl (C=O) groups is 2. The summed E-state index contributed by atoms with van der Waals surface area (Å²) in [5.74, 6) is -1.25. The lowest BCUT2D eigenvalue weighted by molar-refractivity contribution is -0.138. The number of pyridine rings is 1. The molecule has 1 aromatic heterocycles. The molecule has 0 fully saturated rings. The van der Waals surface area contributed by atoms with Crippen LogP contribution in [0.15, 0.2) is 6.07 Å². The van der Waals surface area contributed by atoms with Crippen LogP contribution in [-0.2, 0) is 17.6 Å². The van der Waals surface area contributed by atoms with E-state index in [0.717, 1.165) is 36.9 Å². The van der Waals surface area contributed by atoms with Gasteiger partial charge in [-0.3, -0.25) is 4.79 Å². The lowest BCUT2D eigenvalue weighted by Gasteiger charge is -2.17. The largest absolute Gasteiger partial charge is 0.480 e. The van der Waals surface area contributed by atoms with Crippen LogP contribution >= 0.6 is 0 Å². The van der Waals surface area contributed by atoms with Gasteiger partial charge in [0.2, 0.25) is 0 Å². The first-order valence-electron chi connectivity index (χ1n) is 6.84. The Balaban J connectivity index is 2.34. The summed E-state index contributed by atoms with van der Waals surface area (Å²) in [5.41, 5.74) is 7.60. The molecule has 0 radical (unpaired) electrons. The second-order valence-electron chi connectivity index (χ2n) is 5.03. The Labute approximate surface area is 117 Å². The molecule has 1 amide bonds. The fourth-order valence-electron chi connectivity index (χ4n) is 2.48. The molecule has 1 aromatic rings. The van der Waals surface area contributed by atoms with Crippen LogP contribution in [0, 0.1) is 0 Å². The van der Waals surface area contributed by atoms with Crippen molar-refractivity contribution < 1.29 is 14.7 Å². The predicted octanol–water partition coefficient (Wildman–Crippen LogP) is 1.33. The van der Waals surface area contributed by atoms with Gasteiger partial charge in [-0.25, -0.2) is 9.78 Å². The average molecular weight is 277 g/mol. The van der Waals surface area contributed by atoms with Gasteiger partial charge in [0.1, 0.15) is 11.9 Å². The molecule has 0 spiro atoms. The Morgan fingerprint density at radius 2 is 2.25 bits per heavy atom. The Morgan fingerprint density at radius 3 is 2.85 bits per heavy atom. The molecule has 0 saturated heterocycles. The second-order valence-corrected chi connectivity index (χ2v) is 5.03. The number of nitrogens with zero attached hydrogens (tertiary/aromatic N) is 1. The fourth-order valence-corrected chi connectivity index (χ4v) is 2.48. The van der Waals surface area contributed by atoms with E-state index in [1.807, 2.05) is 6.92 Å². The van der Waals surface area contributed by atoms with Crippen molar-refractivity contribution in [3.63, 3.8) is 0 Å². The highest BCUT2D eigenvalue weighted by atomic mass is 16.4. The third kappa shape index (κ3) is 2.89. The number of nitrogens with one attached hydrogen (secondary N) is 1. The molecular formula is C14H19N3O3. The number of hydrogen-bond donors (Lipinski definition) is 3. The molecule has 4 N–H and O–H groups in total. The van der Waals surface area contributed by atoms with Crippen molar-refractivity contribution in [2.75, 3.05) is 5.32 Å². The Kier molecular flexibility index (Phi) is 4.22. The molecule has 2 rings (SSSR count). The quantitative estimate of drug-likeness (QED) is 0.727. The summed E-state index contributed by atoms with van der Waals surface area (Å²) < 4.78 is 0. The third-order valence-electron chi connectivity index (χ3n) is 3.50. The van der Waals surface area contributed by atoms with Crippen LogP contribution in [0.1, 0.15) is 47.8 Å². The van der Waals surface area contributed by atoms with Gasteiger partial charge in [-0.1, -0.05) is 13.3 Å². The number of aliphatic carboxylic acids is 1. The number of amides is 1. The first kappa shape index (κ1) is 14.3. The van der Waals surface area contributed by atoms with Crippen molar-refractivity contribution in [1.82, 2.24) is 4.98 Å². The average Bonchev–Trinajstić information content (AvgIpc) is 2.84. The van der Waals surface area contributed by atoms with Crippen LogP contribution in [0.4, 0.5) is 5.82 Å². The summed E-state index contributed by atoms with van der Waals surface area (Å²) in [7, 11) is 0. The standard InChI is InChI=1S/C14H19N3O3/c1-2-4-11(14(19)20)17-13-9(12(15)18)7-8-5-3-6-10(8)16-13/h7,11H,2-6H2,1H3,(H2,15,18)(H,16,17)(H,19,20). The summed E-state index contributed by atoms with van der Waals surface area (Å²) >= 11 is 0. The topological polar surface area (TPSA) is 105 Å². The number of anilines is 1. The molecule has 108 valence electrons. The van der Waals surface area contributed by atoms with Gasteiger partial charge in [0.25, 0.3) is 5.91 Å². The maximum absolute atomic E-state index is 11.5. The van der Waals surface area contributed by atoms with E-state index in [9.17, 15) is 14.7 Å². The van der Waals surface area contributed by atoms with E-state index in [1.54, 1.807) is 6.07 Å². The molecule has 1 heterocycles. The van der Waals surface area contributed by atoms with E-state index >= 15 is 0 Å². The van der Waals surface area contributed by atoms with Crippen molar-refractivity contribution in [1.29, 1.82) is 0 Å². The zero-order chi connectivity index (χ0) is 14.7. The van der Waals surface area contributed by atoms with Gasteiger partial charge in [-0.05, 0) is 37.3 Å². The number of aryl methyl sites for hydroxylation is 2. The fraction of sp³-hybridized carbons (Fsp3) is 0.500. The van der Waals surface area contributed by atoms with Crippen LogP contribution in [0.5, 0.6) is 0 Å². The highest BCUT2D eigenvalue weighted by Gasteiger charge is 2.23. The number of nitrogens with two attached hydrogens (primary N) is 1. The highest BCUT2D eigenvalue weighted by Crippen LogP contribution is 2.25. The van der Waals surface area contributed by atoms with Gasteiger partial charge in [0.05, 0.1) is 5.56 Å². The van der Waals surface area contributed by atoms with Crippen molar-refractivity contribution in [2.24, 2.45) is 5.73 Å². The van der Waals surface area contributed by atoms with E-state index in [2.05, 4.69) is 10.3 Å². The monoisotopic (exact) mass is 277 g/mol. The first-order chi connectivity index (χ1) is 9.52. The molecule has 1 atom stereocenters. The van der Waals surface area contributed by atoms with E-state index in [1.165, 1.54) is 0 Å². The lowest BCUT2D eigenvalue weighted by atomic mass is 10.1. The molecule has 1 unspecified atom stereocenters. The summed E-state index contributed by atoms with van der Waals surface area (Å²) in [6.07, 6.45) is 3.93. The zero-order valence-electron chi connectivity index (χ0n) is 11.5. The minimum atomic E-state index is -0.954. The molecule has 1 aliphatic carbocycles. The molecular weight excluding hydrogens is 258 g/mol. The molecule has 0 saturated carbocycles. The molecule has 6 heteroatoms. The smallest absolute Gasteiger partial charge is 0.326 e. The van der Waals surface area contributed by atoms with Crippen LogP contribution in [0.2, 0.25) is 0 Å². The Bertz CT molecular complexity index is 543. The number of aromatic nitrogens is 1. The molecule has 1 aliphatic rings. The Morgan fingerprint density at radius 1 is 1.50 bits per heavy atom. The van der Waals surface area contributed by atoms with Gasteiger partial charge in [-0.2, -0.15) is 0 Å². The summed E-state index contributed by atoms with van der Waals surface area (Å²) in [4.78, 5) is 27.1.